The van der Waals surface area contributed by atoms with E-state index in [1.807, 2.05) is 19.1 Å². The number of imide groups is 1. The molecule has 3 rings (SSSR count). The topological polar surface area (TPSA) is 66.5 Å². The average molecular weight is 420 g/mol. The van der Waals surface area contributed by atoms with Crippen LogP contribution in [-0.4, -0.2) is 29.2 Å². The zero-order valence-electron chi connectivity index (χ0n) is 12.3. The molecule has 0 saturated carbocycles. The van der Waals surface area contributed by atoms with Gasteiger partial charge >= 0.3 is 0 Å². The summed E-state index contributed by atoms with van der Waals surface area (Å²) in [5.41, 5.74) is 2.44. The summed E-state index contributed by atoms with van der Waals surface area (Å²) in [5.74, 6) is -1.27. The third kappa shape index (κ3) is 2.98. The molecule has 3 amide bonds. The highest BCUT2D eigenvalue weighted by Gasteiger charge is 2.36. The van der Waals surface area contributed by atoms with Gasteiger partial charge in [-0.05, 0) is 59.3 Å². The van der Waals surface area contributed by atoms with Crippen LogP contribution in [0.2, 0.25) is 0 Å². The van der Waals surface area contributed by atoms with E-state index in [-0.39, 0.29) is 6.54 Å². The van der Waals surface area contributed by atoms with Crippen molar-refractivity contribution in [3.63, 3.8) is 0 Å². The van der Waals surface area contributed by atoms with Gasteiger partial charge in [-0.1, -0.05) is 18.2 Å². The van der Waals surface area contributed by atoms with Gasteiger partial charge in [-0.25, -0.2) is 0 Å². The molecule has 0 atom stereocenters. The van der Waals surface area contributed by atoms with E-state index >= 15 is 0 Å². The van der Waals surface area contributed by atoms with Crippen molar-refractivity contribution in [3.8, 4) is 0 Å². The van der Waals surface area contributed by atoms with Crippen LogP contribution in [0.1, 0.15) is 26.3 Å². The Morgan fingerprint density at radius 1 is 1.09 bits per heavy atom. The molecule has 0 saturated heterocycles. The summed E-state index contributed by atoms with van der Waals surface area (Å²) in [6.07, 6.45) is 0. The lowest BCUT2D eigenvalue weighted by Gasteiger charge is -2.14. The summed E-state index contributed by atoms with van der Waals surface area (Å²) in [7, 11) is 0. The smallest absolute Gasteiger partial charge is 0.262 e. The van der Waals surface area contributed by atoms with Crippen molar-refractivity contribution in [2.75, 3.05) is 11.9 Å². The van der Waals surface area contributed by atoms with E-state index in [2.05, 4.69) is 27.9 Å². The molecule has 1 aliphatic heterocycles. The predicted molar refractivity (Wildman–Crippen MR) is 94.3 cm³/mol. The number of amides is 3. The zero-order valence-corrected chi connectivity index (χ0v) is 14.5. The summed E-state index contributed by atoms with van der Waals surface area (Å²) >= 11 is 2.18. The van der Waals surface area contributed by atoms with Gasteiger partial charge in [0.15, 0.2) is 0 Å². The number of carbonyl (C=O) groups is 3. The Bertz CT molecular complexity index is 797. The number of halogens is 1. The van der Waals surface area contributed by atoms with Crippen molar-refractivity contribution in [2.24, 2.45) is 0 Å². The Hall–Kier alpha value is -2.22. The molecule has 2 aromatic carbocycles. The number of aryl methyl sites for hydroxylation is 1. The van der Waals surface area contributed by atoms with Crippen molar-refractivity contribution in [1.29, 1.82) is 0 Å². The number of hydrogen-bond donors (Lipinski definition) is 1. The second kappa shape index (κ2) is 6.11. The maximum Gasteiger partial charge on any atom is 0.262 e. The van der Waals surface area contributed by atoms with Gasteiger partial charge in [0.1, 0.15) is 6.54 Å². The van der Waals surface area contributed by atoms with Crippen LogP contribution in [0.5, 0.6) is 0 Å². The molecule has 1 aliphatic rings. The number of carbonyl (C=O) groups excluding carboxylic acids is 3. The van der Waals surface area contributed by atoms with E-state index in [0.717, 1.165) is 14.0 Å². The molecule has 0 aromatic heterocycles. The van der Waals surface area contributed by atoms with E-state index in [0.29, 0.717) is 16.8 Å². The summed E-state index contributed by atoms with van der Waals surface area (Å²) in [4.78, 5) is 37.6. The second-order valence-corrected chi connectivity index (χ2v) is 6.42. The van der Waals surface area contributed by atoms with Crippen molar-refractivity contribution < 1.29 is 14.4 Å². The minimum atomic E-state index is -0.431. The monoisotopic (exact) mass is 420 g/mol. The first-order valence-electron chi connectivity index (χ1n) is 6.98. The quantitative estimate of drug-likeness (QED) is 0.614. The van der Waals surface area contributed by atoms with Gasteiger partial charge in [-0.2, -0.15) is 0 Å². The van der Waals surface area contributed by atoms with Crippen LogP contribution >= 0.6 is 22.6 Å². The first kappa shape index (κ1) is 15.7. The molecule has 1 N–H and O–H groups in total. The lowest BCUT2D eigenvalue weighted by Crippen LogP contribution is -2.37. The van der Waals surface area contributed by atoms with Crippen LogP contribution < -0.4 is 5.32 Å². The Morgan fingerprint density at radius 3 is 2.26 bits per heavy atom. The number of nitrogens with one attached hydrogen (secondary N) is 1. The molecule has 6 heteroatoms. The van der Waals surface area contributed by atoms with E-state index in [9.17, 15) is 14.4 Å². The summed E-state index contributed by atoms with van der Waals surface area (Å²) in [6.45, 7) is 1.68. The number of fused-ring (bicyclic) bond motifs is 1. The molecule has 0 fully saturated rings. The molecular weight excluding hydrogens is 407 g/mol. The summed E-state index contributed by atoms with van der Waals surface area (Å²) in [5, 5.41) is 2.71. The van der Waals surface area contributed by atoms with Gasteiger partial charge in [0.2, 0.25) is 5.91 Å². The number of nitrogens with zero attached hydrogens (tertiary/aromatic N) is 1. The lowest BCUT2D eigenvalue weighted by molar-refractivity contribution is -0.116. The van der Waals surface area contributed by atoms with Crippen LogP contribution in [-0.2, 0) is 4.79 Å². The van der Waals surface area contributed by atoms with Crippen LogP contribution in [0.25, 0.3) is 0 Å². The first-order valence-corrected chi connectivity index (χ1v) is 8.06. The van der Waals surface area contributed by atoms with Crippen molar-refractivity contribution >= 4 is 46.0 Å². The normalized spacial score (nSPS) is 13.2. The van der Waals surface area contributed by atoms with Gasteiger partial charge in [0, 0.05) is 9.26 Å². The molecule has 5 nitrogen and oxygen atoms in total. The molecule has 116 valence electrons. The first-order chi connectivity index (χ1) is 11.0. The Labute approximate surface area is 146 Å². The number of rotatable bonds is 3. The van der Waals surface area contributed by atoms with Crippen LogP contribution in [0.3, 0.4) is 0 Å². The largest absolute Gasteiger partial charge is 0.324 e. The van der Waals surface area contributed by atoms with E-state index in [4.69, 9.17) is 0 Å². The maximum absolute atomic E-state index is 12.2. The van der Waals surface area contributed by atoms with Crippen molar-refractivity contribution in [2.45, 2.75) is 6.92 Å². The van der Waals surface area contributed by atoms with Gasteiger partial charge in [-0.3, -0.25) is 19.3 Å². The molecule has 2 aromatic rings. The summed E-state index contributed by atoms with van der Waals surface area (Å²) in [6, 6.07) is 12.1. The standard InChI is InChI=1S/C17H13IN2O3/c1-10-6-7-11(8-14(10)18)19-15(21)9-20-16(22)12-4-2-3-5-13(12)17(20)23/h2-8H,9H2,1H3,(H,19,21). The lowest BCUT2D eigenvalue weighted by atomic mass is 10.1. The van der Waals surface area contributed by atoms with Crippen LogP contribution in [0.4, 0.5) is 5.69 Å². The molecule has 0 unspecified atom stereocenters. The predicted octanol–water partition coefficient (Wildman–Crippen LogP) is 2.83. The van der Waals surface area contributed by atoms with E-state index in [1.54, 1.807) is 30.3 Å². The molecule has 23 heavy (non-hydrogen) atoms. The van der Waals surface area contributed by atoms with Gasteiger partial charge in [-0.15, -0.1) is 0 Å². The minimum absolute atomic E-state index is 0.295. The number of benzene rings is 2. The second-order valence-electron chi connectivity index (χ2n) is 5.25. The van der Waals surface area contributed by atoms with E-state index in [1.165, 1.54) is 0 Å². The van der Waals surface area contributed by atoms with Crippen molar-refractivity contribution in [3.05, 3.63) is 62.7 Å². The molecule has 1 heterocycles. The SMILES string of the molecule is Cc1ccc(NC(=O)CN2C(=O)c3ccccc3C2=O)cc1I. The molecule has 0 spiro atoms. The maximum atomic E-state index is 12.2. The average Bonchev–Trinajstić information content (AvgIpc) is 2.76. The highest BCUT2D eigenvalue weighted by molar-refractivity contribution is 14.1. The number of hydrogen-bond acceptors (Lipinski definition) is 3. The fraction of sp³-hybridized carbons (Fsp3) is 0.118. The third-order valence-electron chi connectivity index (χ3n) is 3.64. The Kier molecular flexibility index (Phi) is 4.16. The zero-order chi connectivity index (χ0) is 16.6. The van der Waals surface area contributed by atoms with Gasteiger partial charge in [0.25, 0.3) is 11.8 Å². The minimum Gasteiger partial charge on any atom is -0.324 e. The highest BCUT2D eigenvalue weighted by atomic mass is 127. The fourth-order valence-corrected chi connectivity index (χ4v) is 2.91. The summed E-state index contributed by atoms with van der Waals surface area (Å²) < 4.78 is 1.03. The molecule has 0 bridgehead atoms. The van der Waals surface area contributed by atoms with E-state index < -0.39 is 17.7 Å². The number of anilines is 1. The Balaban J connectivity index is 1.73. The fourth-order valence-electron chi connectivity index (χ4n) is 2.40. The molecule has 0 radical (unpaired) electrons. The Morgan fingerprint density at radius 2 is 1.70 bits per heavy atom. The highest BCUT2D eigenvalue weighted by Crippen LogP contribution is 2.22. The third-order valence-corrected chi connectivity index (χ3v) is 4.80. The molecular formula is C17H13IN2O3. The van der Waals surface area contributed by atoms with Gasteiger partial charge < -0.3 is 5.32 Å². The van der Waals surface area contributed by atoms with Crippen LogP contribution in [0.15, 0.2) is 42.5 Å². The van der Waals surface area contributed by atoms with Gasteiger partial charge in [0.05, 0.1) is 11.1 Å². The van der Waals surface area contributed by atoms with Crippen LogP contribution in [0, 0.1) is 10.5 Å². The van der Waals surface area contributed by atoms with Crippen molar-refractivity contribution in [1.82, 2.24) is 4.90 Å². The molecule has 0 aliphatic carbocycles.